The topological polar surface area (TPSA) is 41.9 Å². The summed E-state index contributed by atoms with van der Waals surface area (Å²) in [6, 6.07) is 8.13. The van der Waals surface area contributed by atoms with Gasteiger partial charge in [-0.1, -0.05) is 42.5 Å². The van der Waals surface area contributed by atoms with E-state index in [1.54, 1.807) is 0 Å². The smallest absolute Gasteiger partial charge is 0.228 e. The third-order valence-electron chi connectivity index (χ3n) is 5.53. The number of oxime groups is 1. The van der Waals surface area contributed by atoms with Crippen molar-refractivity contribution in [1.29, 1.82) is 0 Å². The summed E-state index contributed by atoms with van der Waals surface area (Å²) in [5.74, 6) is 6.92. The van der Waals surface area contributed by atoms with Gasteiger partial charge in [-0.3, -0.25) is 4.79 Å². The number of nitrogens with zero attached hydrogens (tertiary/aromatic N) is 2. The van der Waals surface area contributed by atoms with Crippen molar-refractivity contribution in [2.24, 2.45) is 17.0 Å². The highest BCUT2D eigenvalue weighted by Crippen LogP contribution is 2.35. The van der Waals surface area contributed by atoms with Crippen LogP contribution in [0.25, 0.3) is 0 Å². The van der Waals surface area contributed by atoms with Gasteiger partial charge in [0.05, 0.1) is 5.92 Å². The van der Waals surface area contributed by atoms with Crippen LogP contribution in [0.5, 0.6) is 0 Å². The van der Waals surface area contributed by atoms with Gasteiger partial charge in [-0.2, -0.15) is 0 Å². The zero-order valence-corrected chi connectivity index (χ0v) is 14.7. The molecule has 0 radical (unpaired) electrons. The van der Waals surface area contributed by atoms with Crippen molar-refractivity contribution in [3.05, 3.63) is 35.4 Å². The average molecular weight is 336 g/mol. The highest BCUT2D eigenvalue weighted by Gasteiger charge is 2.46. The molecule has 1 saturated carbocycles. The molecule has 4 nitrogen and oxygen atoms in total. The molecule has 0 aromatic heterocycles. The fourth-order valence-corrected chi connectivity index (χ4v) is 4.14. The molecule has 0 bridgehead atoms. The molecular formula is C21H24N2O2. The van der Waals surface area contributed by atoms with E-state index in [0.717, 1.165) is 37.1 Å². The first-order valence-electron chi connectivity index (χ1n) is 9.35. The Morgan fingerprint density at radius 3 is 2.84 bits per heavy atom. The number of benzene rings is 1. The van der Waals surface area contributed by atoms with Gasteiger partial charge in [0, 0.05) is 18.0 Å². The second-order valence-electron chi connectivity index (χ2n) is 7.35. The fourth-order valence-electron chi connectivity index (χ4n) is 4.14. The summed E-state index contributed by atoms with van der Waals surface area (Å²) in [5.41, 5.74) is 2.96. The van der Waals surface area contributed by atoms with Crippen LogP contribution in [0, 0.1) is 30.6 Å². The summed E-state index contributed by atoms with van der Waals surface area (Å²) in [6.45, 7) is 2.82. The van der Waals surface area contributed by atoms with E-state index in [1.165, 1.54) is 24.8 Å². The van der Waals surface area contributed by atoms with Gasteiger partial charge < -0.3 is 9.74 Å². The molecule has 2 heterocycles. The van der Waals surface area contributed by atoms with E-state index >= 15 is 0 Å². The molecule has 1 aromatic rings. The van der Waals surface area contributed by atoms with Crippen molar-refractivity contribution in [3.8, 4) is 11.8 Å². The van der Waals surface area contributed by atoms with Crippen molar-refractivity contribution in [2.45, 2.75) is 51.7 Å². The zero-order valence-electron chi connectivity index (χ0n) is 14.7. The van der Waals surface area contributed by atoms with Crippen LogP contribution in [0.1, 0.15) is 49.7 Å². The Labute approximate surface area is 149 Å². The Morgan fingerprint density at radius 2 is 2.04 bits per heavy atom. The summed E-state index contributed by atoms with van der Waals surface area (Å²) in [5, 5.41) is 4.18. The molecule has 4 heteroatoms. The lowest BCUT2D eigenvalue weighted by molar-refractivity contribution is -0.147. The maximum atomic E-state index is 12.8. The first-order valence-corrected chi connectivity index (χ1v) is 9.35. The van der Waals surface area contributed by atoms with Crippen LogP contribution in [0.2, 0.25) is 0 Å². The minimum absolute atomic E-state index is 0.129. The van der Waals surface area contributed by atoms with E-state index in [4.69, 9.17) is 4.84 Å². The van der Waals surface area contributed by atoms with Crippen molar-refractivity contribution < 1.29 is 9.63 Å². The molecule has 0 N–H and O–H groups in total. The molecule has 2 aliphatic heterocycles. The Kier molecular flexibility index (Phi) is 4.48. The molecule has 1 saturated heterocycles. The third kappa shape index (κ3) is 3.28. The second-order valence-corrected chi connectivity index (χ2v) is 7.35. The summed E-state index contributed by atoms with van der Waals surface area (Å²) < 4.78 is 0. The van der Waals surface area contributed by atoms with Crippen LogP contribution in [0.15, 0.2) is 29.4 Å². The quantitative estimate of drug-likeness (QED) is 0.737. The number of fused-ring (bicyclic) bond motifs is 1. The third-order valence-corrected chi connectivity index (χ3v) is 5.53. The molecule has 2 atom stereocenters. The van der Waals surface area contributed by atoms with Crippen molar-refractivity contribution >= 4 is 11.6 Å². The monoisotopic (exact) mass is 336 g/mol. The molecule has 0 spiro atoms. The average Bonchev–Trinajstić information content (AvgIpc) is 3.22. The van der Waals surface area contributed by atoms with Gasteiger partial charge in [-0.25, -0.2) is 0 Å². The zero-order chi connectivity index (χ0) is 17.2. The molecule has 1 amide bonds. The number of amides is 1. The molecule has 1 aliphatic carbocycles. The lowest BCUT2D eigenvalue weighted by atomic mass is 9.88. The first-order chi connectivity index (χ1) is 12.2. The minimum atomic E-state index is -0.240. The SMILES string of the molecule is Cc1cccc(C#CC2=NOC3C2CCN3C(=O)C2CCCCC2)c1. The second kappa shape index (κ2) is 6.92. The number of hydrogen-bond acceptors (Lipinski definition) is 3. The number of carbonyl (C=O) groups is 1. The van der Waals surface area contributed by atoms with E-state index in [9.17, 15) is 4.79 Å². The van der Waals surface area contributed by atoms with Crippen LogP contribution >= 0.6 is 0 Å². The summed E-state index contributed by atoms with van der Waals surface area (Å²) in [7, 11) is 0. The normalized spacial score (nSPS) is 25.6. The Morgan fingerprint density at radius 1 is 1.20 bits per heavy atom. The Balaban J connectivity index is 1.44. The highest BCUT2D eigenvalue weighted by molar-refractivity contribution is 6.03. The number of carbonyl (C=O) groups excluding carboxylic acids is 1. The Bertz CT molecular complexity index is 753. The van der Waals surface area contributed by atoms with E-state index in [1.807, 2.05) is 17.0 Å². The standard InChI is InChI=1S/C21H24N2O2/c1-15-6-5-7-16(14-15)10-11-19-18-12-13-23(21(18)25-22-19)20(24)17-8-3-2-4-9-17/h5-7,14,17-18,21H,2-4,8-9,12-13H2,1H3. The van der Waals surface area contributed by atoms with Crippen LogP contribution in [-0.2, 0) is 9.63 Å². The first kappa shape index (κ1) is 16.2. The number of rotatable bonds is 1. The highest BCUT2D eigenvalue weighted by atomic mass is 16.7. The van der Waals surface area contributed by atoms with Gasteiger partial charge in [-0.05, 0) is 49.8 Å². The summed E-state index contributed by atoms with van der Waals surface area (Å²) >= 11 is 0. The van der Waals surface area contributed by atoms with Gasteiger partial charge in [0.15, 0.2) is 0 Å². The van der Waals surface area contributed by atoms with Crippen LogP contribution in [0.3, 0.4) is 0 Å². The molecule has 4 rings (SSSR count). The molecule has 2 fully saturated rings. The lowest BCUT2D eigenvalue weighted by Gasteiger charge is -2.28. The molecule has 130 valence electrons. The number of aryl methyl sites for hydroxylation is 1. The minimum Gasteiger partial charge on any atom is -0.369 e. The van der Waals surface area contributed by atoms with E-state index in [-0.39, 0.29) is 24.0 Å². The van der Waals surface area contributed by atoms with E-state index in [2.05, 4.69) is 36.1 Å². The predicted octanol–water partition coefficient (Wildman–Crippen LogP) is 3.49. The van der Waals surface area contributed by atoms with Crippen molar-refractivity contribution in [2.75, 3.05) is 6.54 Å². The molecule has 25 heavy (non-hydrogen) atoms. The predicted molar refractivity (Wildman–Crippen MR) is 96.8 cm³/mol. The van der Waals surface area contributed by atoms with E-state index < -0.39 is 0 Å². The van der Waals surface area contributed by atoms with Gasteiger partial charge in [0.2, 0.25) is 12.1 Å². The maximum absolute atomic E-state index is 12.8. The van der Waals surface area contributed by atoms with Gasteiger partial charge >= 0.3 is 0 Å². The van der Waals surface area contributed by atoms with Gasteiger partial charge in [0.1, 0.15) is 5.71 Å². The van der Waals surface area contributed by atoms with Crippen molar-refractivity contribution in [1.82, 2.24) is 4.90 Å². The van der Waals surface area contributed by atoms with Crippen LogP contribution in [0.4, 0.5) is 0 Å². The Hall–Kier alpha value is -2.28. The number of hydrogen-bond donors (Lipinski definition) is 0. The van der Waals surface area contributed by atoms with Crippen molar-refractivity contribution in [3.63, 3.8) is 0 Å². The van der Waals surface area contributed by atoms with Gasteiger partial charge in [0.25, 0.3) is 0 Å². The largest absolute Gasteiger partial charge is 0.369 e. The van der Waals surface area contributed by atoms with Gasteiger partial charge in [-0.15, -0.1) is 0 Å². The lowest BCUT2D eigenvalue weighted by Crippen LogP contribution is -2.42. The molecule has 2 unspecified atom stereocenters. The summed E-state index contributed by atoms with van der Waals surface area (Å²) in [6.07, 6.45) is 6.29. The van der Waals surface area contributed by atoms with Crippen LogP contribution < -0.4 is 0 Å². The summed E-state index contributed by atoms with van der Waals surface area (Å²) in [4.78, 5) is 20.4. The molecule has 1 aromatic carbocycles. The molecule has 3 aliphatic rings. The maximum Gasteiger partial charge on any atom is 0.228 e. The fraction of sp³-hybridized carbons (Fsp3) is 0.524. The van der Waals surface area contributed by atoms with E-state index in [0.29, 0.717) is 0 Å². The molecular weight excluding hydrogens is 312 g/mol. The van der Waals surface area contributed by atoms with Crippen LogP contribution in [-0.4, -0.2) is 29.3 Å². The number of likely N-dealkylation sites (tertiary alicyclic amines) is 1.